The Hall–Kier alpha value is -1.55. The largest absolute Gasteiger partial charge is 0.479 e. The average molecular weight is 260 g/mol. The molecule has 1 amide bonds. The third kappa shape index (κ3) is 2.45. The molecule has 1 aliphatic heterocycles. The van der Waals surface area contributed by atoms with Gasteiger partial charge in [0.2, 0.25) is 0 Å². The summed E-state index contributed by atoms with van der Waals surface area (Å²) in [4.78, 5) is 11.5. The summed E-state index contributed by atoms with van der Waals surface area (Å²) in [5.41, 5.74) is 8.02. The lowest BCUT2D eigenvalue weighted by Crippen LogP contribution is -2.34. The Balaban J connectivity index is 1.81. The predicted octanol–water partition coefficient (Wildman–Crippen LogP) is 2.39. The molecule has 0 radical (unpaired) electrons. The lowest BCUT2D eigenvalue weighted by atomic mass is 9.82. The molecule has 4 nitrogen and oxygen atoms in total. The number of hydrogen-bond donors (Lipinski definition) is 2. The molecule has 2 aliphatic rings. The Morgan fingerprint density at radius 3 is 2.74 bits per heavy atom. The maximum Gasteiger partial charge on any atom is 0.265 e. The van der Waals surface area contributed by atoms with Gasteiger partial charge < -0.3 is 15.8 Å². The Morgan fingerprint density at radius 2 is 2.00 bits per heavy atom. The van der Waals surface area contributed by atoms with Crippen LogP contribution in [0.1, 0.15) is 44.1 Å². The SMILES string of the molecule is CC1Oc2cc(C3CCC(N)CC3)ccc2NC1=O. The predicted molar refractivity (Wildman–Crippen MR) is 74.3 cm³/mol. The highest BCUT2D eigenvalue weighted by molar-refractivity contribution is 5.97. The van der Waals surface area contributed by atoms with E-state index >= 15 is 0 Å². The second-order valence-electron chi connectivity index (χ2n) is 5.62. The maximum atomic E-state index is 11.5. The van der Waals surface area contributed by atoms with E-state index < -0.39 is 6.10 Å². The van der Waals surface area contributed by atoms with Crippen molar-refractivity contribution in [3.63, 3.8) is 0 Å². The minimum absolute atomic E-state index is 0.0797. The van der Waals surface area contributed by atoms with Gasteiger partial charge >= 0.3 is 0 Å². The van der Waals surface area contributed by atoms with Crippen molar-refractivity contribution in [2.75, 3.05) is 5.32 Å². The molecular formula is C15H20N2O2. The third-order valence-electron chi connectivity index (χ3n) is 4.18. The summed E-state index contributed by atoms with van der Waals surface area (Å²) < 4.78 is 5.66. The number of ether oxygens (including phenoxy) is 1. The summed E-state index contributed by atoms with van der Waals surface area (Å²) in [5.74, 6) is 1.28. The zero-order valence-electron chi connectivity index (χ0n) is 11.2. The number of benzene rings is 1. The van der Waals surface area contributed by atoms with Crippen molar-refractivity contribution in [2.24, 2.45) is 5.73 Å². The molecule has 1 aromatic rings. The molecular weight excluding hydrogens is 240 g/mol. The van der Waals surface area contributed by atoms with Crippen LogP contribution in [0.15, 0.2) is 18.2 Å². The van der Waals surface area contributed by atoms with Crippen LogP contribution in [0.3, 0.4) is 0 Å². The van der Waals surface area contributed by atoms with Gasteiger partial charge in [0.15, 0.2) is 6.10 Å². The molecule has 1 saturated carbocycles. The summed E-state index contributed by atoms with van der Waals surface area (Å²) in [6.45, 7) is 1.77. The van der Waals surface area contributed by atoms with Crippen LogP contribution in [0.25, 0.3) is 0 Å². The highest BCUT2D eigenvalue weighted by atomic mass is 16.5. The van der Waals surface area contributed by atoms with E-state index in [0.717, 1.165) is 37.1 Å². The molecule has 0 bridgehead atoms. The molecule has 0 aromatic heterocycles. The van der Waals surface area contributed by atoms with E-state index in [4.69, 9.17) is 10.5 Å². The van der Waals surface area contributed by atoms with Gasteiger partial charge in [-0.05, 0) is 56.2 Å². The Morgan fingerprint density at radius 1 is 1.26 bits per heavy atom. The fourth-order valence-electron chi connectivity index (χ4n) is 2.92. The van der Waals surface area contributed by atoms with Crippen LogP contribution in [0.2, 0.25) is 0 Å². The molecule has 4 heteroatoms. The van der Waals surface area contributed by atoms with E-state index in [0.29, 0.717) is 12.0 Å². The number of amides is 1. The third-order valence-corrected chi connectivity index (χ3v) is 4.18. The van der Waals surface area contributed by atoms with Crippen molar-refractivity contribution in [3.05, 3.63) is 23.8 Å². The molecule has 1 heterocycles. The number of anilines is 1. The Kier molecular flexibility index (Phi) is 3.19. The number of hydrogen-bond acceptors (Lipinski definition) is 3. The van der Waals surface area contributed by atoms with Gasteiger partial charge in [-0.25, -0.2) is 0 Å². The fraction of sp³-hybridized carbons (Fsp3) is 0.533. The smallest absolute Gasteiger partial charge is 0.265 e. The van der Waals surface area contributed by atoms with Crippen LogP contribution < -0.4 is 15.8 Å². The zero-order valence-corrected chi connectivity index (χ0v) is 11.2. The monoisotopic (exact) mass is 260 g/mol. The molecule has 1 aromatic carbocycles. The number of rotatable bonds is 1. The van der Waals surface area contributed by atoms with Gasteiger partial charge in [-0.1, -0.05) is 6.07 Å². The van der Waals surface area contributed by atoms with E-state index in [9.17, 15) is 4.79 Å². The average Bonchev–Trinajstić information content (AvgIpc) is 2.40. The van der Waals surface area contributed by atoms with Crippen molar-refractivity contribution < 1.29 is 9.53 Å². The van der Waals surface area contributed by atoms with Gasteiger partial charge in [-0.3, -0.25) is 4.79 Å². The fourth-order valence-corrected chi connectivity index (χ4v) is 2.92. The highest BCUT2D eigenvalue weighted by Gasteiger charge is 2.25. The van der Waals surface area contributed by atoms with Crippen molar-refractivity contribution in [1.82, 2.24) is 0 Å². The number of nitrogens with one attached hydrogen (secondary N) is 1. The van der Waals surface area contributed by atoms with E-state index in [1.54, 1.807) is 6.92 Å². The molecule has 0 spiro atoms. The first kappa shape index (κ1) is 12.5. The quantitative estimate of drug-likeness (QED) is 0.815. The topological polar surface area (TPSA) is 64.3 Å². The van der Waals surface area contributed by atoms with E-state index in [-0.39, 0.29) is 5.91 Å². The molecule has 1 unspecified atom stereocenters. The maximum absolute atomic E-state index is 11.5. The second kappa shape index (κ2) is 4.85. The molecule has 1 aliphatic carbocycles. The standard InChI is InChI=1S/C15H20N2O2/c1-9-15(18)17-13-7-4-11(8-14(13)19-9)10-2-5-12(16)6-3-10/h4,7-10,12H,2-3,5-6,16H2,1H3,(H,17,18). The molecule has 1 atom stereocenters. The first-order chi connectivity index (χ1) is 9.13. The summed E-state index contributed by atoms with van der Waals surface area (Å²) in [6, 6.07) is 6.49. The van der Waals surface area contributed by atoms with Crippen molar-refractivity contribution in [3.8, 4) is 5.75 Å². The molecule has 3 rings (SSSR count). The van der Waals surface area contributed by atoms with Crippen molar-refractivity contribution >= 4 is 11.6 Å². The van der Waals surface area contributed by atoms with Crippen LogP contribution >= 0.6 is 0 Å². The first-order valence-corrected chi connectivity index (χ1v) is 7.00. The second-order valence-corrected chi connectivity index (χ2v) is 5.62. The summed E-state index contributed by atoms with van der Waals surface area (Å²) in [5, 5.41) is 2.86. The van der Waals surface area contributed by atoms with Gasteiger partial charge in [0.25, 0.3) is 5.91 Å². The first-order valence-electron chi connectivity index (χ1n) is 7.00. The normalized spacial score (nSPS) is 30.2. The Labute approximate surface area is 113 Å². The van der Waals surface area contributed by atoms with Gasteiger partial charge in [0, 0.05) is 6.04 Å². The highest BCUT2D eigenvalue weighted by Crippen LogP contribution is 2.37. The lowest BCUT2D eigenvalue weighted by Gasteiger charge is -2.28. The van der Waals surface area contributed by atoms with Gasteiger partial charge in [0.1, 0.15) is 5.75 Å². The minimum atomic E-state index is -0.414. The number of carbonyl (C=O) groups excluding carboxylic acids is 1. The summed E-state index contributed by atoms with van der Waals surface area (Å²) in [6.07, 6.45) is 4.05. The van der Waals surface area contributed by atoms with E-state index in [1.807, 2.05) is 6.07 Å². The van der Waals surface area contributed by atoms with E-state index in [2.05, 4.69) is 17.4 Å². The summed E-state index contributed by atoms with van der Waals surface area (Å²) in [7, 11) is 0. The molecule has 0 saturated heterocycles. The van der Waals surface area contributed by atoms with Gasteiger partial charge in [0.05, 0.1) is 5.69 Å². The van der Waals surface area contributed by atoms with Crippen LogP contribution in [-0.4, -0.2) is 18.1 Å². The molecule has 102 valence electrons. The number of fused-ring (bicyclic) bond motifs is 1. The lowest BCUT2D eigenvalue weighted by molar-refractivity contribution is -0.122. The molecule has 1 fully saturated rings. The van der Waals surface area contributed by atoms with Crippen molar-refractivity contribution in [1.29, 1.82) is 0 Å². The summed E-state index contributed by atoms with van der Waals surface area (Å²) >= 11 is 0. The van der Waals surface area contributed by atoms with Crippen LogP contribution in [-0.2, 0) is 4.79 Å². The molecule has 19 heavy (non-hydrogen) atoms. The van der Waals surface area contributed by atoms with Crippen LogP contribution in [0.5, 0.6) is 5.75 Å². The minimum Gasteiger partial charge on any atom is -0.479 e. The molecule has 3 N–H and O–H groups in total. The zero-order chi connectivity index (χ0) is 13.4. The van der Waals surface area contributed by atoms with Crippen LogP contribution in [0.4, 0.5) is 5.69 Å². The number of nitrogens with two attached hydrogens (primary N) is 1. The van der Waals surface area contributed by atoms with Gasteiger partial charge in [-0.15, -0.1) is 0 Å². The Bertz CT molecular complexity index is 493. The van der Waals surface area contributed by atoms with Crippen molar-refractivity contribution in [2.45, 2.75) is 50.7 Å². The van der Waals surface area contributed by atoms with Gasteiger partial charge in [-0.2, -0.15) is 0 Å². The number of carbonyl (C=O) groups is 1. The van der Waals surface area contributed by atoms with E-state index in [1.165, 1.54) is 5.56 Å². The van der Waals surface area contributed by atoms with Crippen LogP contribution in [0, 0.1) is 0 Å².